The van der Waals surface area contributed by atoms with E-state index in [2.05, 4.69) is 312 Å². The third-order valence-electron chi connectivity index (χ3n) is 25.3. The van der Waals surface area contributed by atoms with Gasteiger partial charge in [0.05, 0.1) is 91.4 Å². The summed E-state index contributed by atoms with van der Waals surface area (Å²) in [6.45, 7) is 54.3. The summed E-state index contributed by atoms with van der Waals surface area (Å²) in [6, 6.07) is 65.4. The number of hydrogen-bond acceptors (Lipinski definition) is 8. The van der Waals surface area contributed by atoms with Crippen LogP contribution in [0.1, 0.15) is 256 Å². The molecule has 12 nitrogen and oxygen atoms in total. The Morgan fingerprint density at radius 1 is 0.230 bits per heavy atom. The van der Waals surface area contributed by atoms with E-state index in [0.29, 0.717) is 133 Å². The fourth-order valence-electron chi connectivity index (χ4n) is 17.9. The maximum Gasteiger partial charge on any atom is 2.00 e. The molecule has 126 heavy (non-hydrogen) atoms. The molecule has 16 bridgehead atoms. The Bertz CT molecular complexity index is 7130. The number of benzene rings is 8. The van der Waals surface area contributed by atoms with Crippen molar-refractivity contribution in [3.63, 3.8) is 0 Å². The summed E-state index contributed by atoms with van der Waals surface area (Å²) in [5.41, 5.74) is 28.0. The molecule has 0 unspecified atom stereocenters. The molecule has 0 saturated carbocycles. The third kappa shape index (κ3) is 15.2. The van der Waals surface area contributed by atoms with Crippen LogP contribution in [0, 0.1) is 45.3 Å². The van der Waals surface area contributed by atoms with Crippen molar-refractivity contribution in [3.8, 4) is 91.0 Å². The molecule has 16 aromatic rings. The Hall–Kier alpha value is -12.5. The van der Waals surface area contributed by atoms with Gasteiger partial charge in [0.2, 0.25) is 0 Å². The summed E-state index contributed by atoms with van der Waals surface area (Å²) in [5.74, 6) is 0. The second-order valence-corrected chi connectivity index (χ2v) is 42.7. The molecule has 0 spiro atoms. The number of nitrogens with zero attached hydrogens (tertiary/aromatic N) is 12. The van der Waals surface area contributed by atoms with Gasteiger partial charge in [-0.15, -0.1) is 44.1 Å². The van der Waals surface area contributed by atoms with Gasteiger partial charge in [0.15, 0.2) is 0 Å². The van der Waals surface area contributed by atoms with Crippen LogP contribution in [0.15, 0.2) is 158 Å². The second kappa shape index (κ2) is 30.1. The molecule has 0 N–H and O–H groups in total. The largest absolute Gasteiger partial charge is 2.00 e. The Kier molecular flexibility index (Phi) is 20.8. The molecule has 0 aliphatic carbocycles. The van der Waals surface area contributed by atoms with Crippen molar-refractivity contribution in [2.45, 2.75) is 209 Å². The summed E-state index contributed by atoms with van der Waals surface area (Å²) >= 11 is 0. The van der Waals surface area contributed by atoms with Gasteiger partial charge in [-0.3, -0.25) is 0 Å². The summed E-state index contributed by atoms with van der Waals surface area (Å²) in [7, 11) is 0. The standard InChI is InChI=1S/C112H102N12.2Cu/c1-105(2,3)69-39-65(40-70(47-69)106(4,5)6)95-85-29-25-81(117-85)93(63-35-59(55-113)33-60(36-63)56-114)82-26-30-86(118-82)97(67-43-73(109(13,14)15)49-74(44-67)110(16,17)18)91-53-79-80-54-92-98(68-45-75(111(19,20)21)50-76(46-68)112(22,23)24)88-32-28-84(120-88)94(64-37-61(57-115)34-62(38-64)58-116)83-27-31-87(119-83)96(66-41-71(107(7,8)9)48-72(42-66)108(10,11)12)90-52-78-77-51-89(95)121-101(77)99(103(79)123-91)100(102(78)122-90)104(80)124-92;;/h25-54H,1-24H3;;/q-4;2*+2. The summed E-state index contributed by atoms with van der Waals surface area (Å²) in [5, 5.41) is 48.2. The molecule has 8 aromatic carbocycles. The molecular formula is C112H102Cu2N12. The van der Waals surface area contributed by atoms with Crippen molar-refractivity contribution >= 4 is 123 Å². The minimum Gasteiger partial charge on any atom is -0.657 e. The van der Waals surface area contributed by atoms with Gasteiger partial charge in [-0.1, -0.05) is 275 Å². The van der Waals surface area contributed by atoms with Crippen molar-refractivity contribution in [2.24, 2.45) is 0 Å². The second-order valence-electron chi connectivity index (χ2n) is 42.7. The fraction of sp³-hybridized carbons (Fsp3) is 0.286. The number of nitriles is 4. The SMILES string of the molecule is CC(C)(C)c1cc(-c2c3nc(c(-c4cc(C#N)cc(C#N)c4)c4ccc([n-]4)c(-c4cc(C(C)(C)C)cc(C(C)(C)C)c4)c4cc5c6cc7[n-]c6c6c8nc(cc8c8cc2[n-]c8c6c5n4)c(-c2cc(C(C)(C)C)cc(C(C)(C)C)c2)c2ccc([n-]2)c(-c2cc(C#N)cc(C#N)c2)c2nc(c7-c4cc(C(C)(C)C)cc(C(C)(C)C)c4)C=C2)C=C3)cc(C(C)(C)C)c1.[Cu+2].[Cu+2]. The molecule has 2 aliphatic rings. The normalized spacial score (nSPS) is 13.0. The Labute approximate surface area is 760 Å². The van der Waals surface area contributed by atoms with E-state index >= 15 is 0 Å². The third-order valence-corrected chi connectivity index (χ3v) is 25.3. The van der Waals surface area contributed by atoms with E-state index in [1.807, 2.05) is 48.6 Å². The molecular weight excluding hydrogens is 1640 g/mol. The van der Waals surface area contributed by atoms with Gasteiger partial charge in [0.1, 0.15) is 0 Å². The molecule has 14 heteroatoms. The quantitative estimate of drug-likeness (QED) is 0.143. The van der Waals surface area contributed by atoms with Crippen LogP contribution in [0.3, 0.4) is 0 Å². The van der Waals surface area contributed by atoms with E-state index < -0.39 is 0 Å². The zero-order valence-corrected chi connectivity index (χ0v) is 78.2. The maximum atomic E-state index is 10.8. The number of hydrogen-bond donors (Lipinski definition) is 0. The van der Waals surface area contributed by atoms with Gasteiger partial charge in [-0.25, -0.2) is 19.9 Å². The van der Waals surface area contributed by atoms with E-state index in [-0.39, 0.29) is 77.5 Å². The van der Waals surface area contributed by atoms with Gasteiger partial charge in [-0.2, -0.15) is 21.0 Å². The predicted molar refractivity (Wildman–Crippen MR) is 514 cm³/mol. The van der Waals surface area contributed by atoms with Gasteiger partial charge in [0, 0.05) is 10.8 Å². The van der Waals surface area contributed by atoms with E-state index in [0.717, 1.165) is 121 Å². The van der Waals surface area contributed by atoms with Crippen molar-refractivity contribution in [3.05, 3.63) is 247 Å². The van der Waals surface area contributed by atoms with Crippen molar-refractivity contribution < 1.29 is 34.1 Å². The van der Waals surface area contributed by atoms with Crippen LogP contribution in [0.5, 0.6) is 0 Å². The number of fused-ring (bicyclic) bond motifs is 14. The number of aromatic nitrogens is 8. The summed E-state index contributed by atoms with van der Waals surface area (Å²) < 4.78 is 0. The first-order valence-electron chi connectivity index (χ1n) is 43.1. The molecule has 2 aliphatic heterocycles. The van der Waals surface area contributed by atoms with Gasteiger partial charge in [0.25, 0.3) is 0 Å². The number of rotatable bonds is 6. The molecule has 18 rings (SSSR count). The molecule has 0 atom stereocenters. The van der Waals surface area contributed by atoms with Crippen LogP contribution in [0.4, 0.5) is 0 Å². The molecule has 8 aromatic heterocycles. The summed E-state index contributed by atoms with van der Waals surface area (Å²) in [4.78, 5) is 48.4. The molecule has 10 heterocycles. The average Bonchev–Trinajstić information content (AvgIpc) is 1.52. The van der Waals surface area contributed by atoms with Crippen molar-refractivity contribution in [1.82, 2.24) is 39.9 Å². The monoisotopic (exact) mass is 1740 g/mol. The van der Waals surface area contributed by atoms with E-state index in [1.165, 1.54) is 0 Å². The van der Waals surface area contributed by atoms with Crippen LogP contribution in [0.2, 0.25) is 0 Å². The molecule has 0 fully saturated rings. The predicted octanol–water partition coefficient (Wildman–Crippen LogP) is 28.0. The van der Waals surface area contributed by atoms with Crippen LogP contribution in [-0.4, -0.2) is 19.9 Å². The van der Waals surface area contributed by atoms with E-state index in [9.17, 15) is 21.0 Å². The van der Waals surface area contributed by atoms with Crippen LogP contribution < -0.4 is 19.9 Å². The maximum absolute atomic E-state index is 10.8. The van der Waals surface area contributed by atoms with E-state index in [1.54, 1.807) is 12.1 Å². The van der Waals surface area contributed by atoms with Crippen molar-refractivity contribution in [2.75, 3.05) is 0 Å². The minimum atomic E-state index is -0.298. The fourth-order valence-corrected chi connectivity index (χ4v) is 17.9. The molecule has 0 amide bonds. The molecule has 2 radical (unpaired) electrons. The Morgan fingerprint density at radius 3 is 0.690 bits per heavy atom. The molecule has 0 saturated heterocycles. The zero-order valence-electron chi connectivity index (χ0n) is 76.3. The summed E-state index contributed by atoms with van der Waals surface area (Å²) in [6.07, 6.45) is 8.28. The van der Waals surface area contributed by atoms with Crippen LogP contribution >= 0.6 is 0 Å². The first kappa shape index (κ1) is 87.0. The van der Waals surface area contributed by atoms with Gasteiger partial charge in [-0.05, 0) is 249 Å². The van der Waals surface area contributed by atoms with Gasteiger partial charge < -0.3 is 19.9 Å². The van der Waals surface area contributed by atoms with Gasteiger partial charge >= 0.3 is 34.1 Å². The Balaban J connectivity index is 0.00000585. The average molecular weight is 1740 g/mol. The Morgan fingerprint density at radius 2 is 0.452 bits per heavy atom. The topological polar surface area (TPSA) is 203 Å². The van der Waals surface area contributed by atoms with E-state index in [4.69, 9.17) is 39.9 Å². The molecule has 632 valence electrons. The minimum absolute atomic E-state index is 0. The van der Waals surface area contributed by atoms with Crippen LogP contribution in [-0.2, 0) is 77.5 Å². The first-order chi connectivity index (χ1) is 58.2. The van der Waals surface area contributed by atoms with Crippen molar-refractivity contribution in [1.29, 1.82) is 21.0 Å². The zero-order chi connectivity index (χ0) is 88.3. The first-order valence-corrected chi connectivity index (χ1v) is 43.1. The smallest absolute Gasteiger partial charge is 0.657 e. The van der Waals surface area contributed by atoms with Crippen LogP contribution in [0.25, 0.3) is 190 Å².